The third kappa shape index (κ3) is 3.56. The first-order valence-electron chi connectivity index (χ1n) is 5.48. The predicted octanol–water partition coefficient (Wildman–Crippen LogP) is 0.877. The molecule has 0 aliphatic carbocycles. The summed E-state index contributed by atoms with van der Waals surface area (Å²) in [7, 11) is 0. The number of aliphatic hydroxyl groups excluding tert-OH is 1. The van der Waals surface area contributed by atoms with Gasteiger partial charge in [0.05, 0.1) is 6.61 Å². The summed E-state index contributed by atoms with van der Waals surface area (Å²) in [6.07, 6.45) is 2.24. The van der Waals surface area contributed by atoms with Crippen molar-refractivity contribution in [2.45, 2.75) is 57.7 Å². The highest BCUT2D eigenvalue weighted by atomic mass is 16.3. The zero-order valence-corrected chi connectivity index (χ0v) is 9.85. The minimum Gasteiger partial charge on any atom is -0.395 e. The van der Waals surface area contributed by atoms with Gasteiger partial charge in [-0.3, -0.25) is 0 Å². The van der Waals surface area contributed by atoms with Gasteiger partial charge in [0.25, 0.3) is 0 Å². The second-order valence-electron chi connectivity index (χ2n) is 5.68. The first kappa shape index (κ1) is 12.0. The van der Waals surface area contributed by atoms with E-state index in [0.29, 0.717) is 12.6 Å². The van der Waals surface area contributed by atoms with E-state index in [-0.39, 0.29) is 17.7 Å². The Kier molecular flexibility index (Phi) is 3.56. The highest BCUT2D eigenvalue weighted by Gasteiger charge is 2.37. The number of piperidine rings is 1. The molecule has 1 fully saturated rings. The second-order valence-corrected chi connectivity index (χ2v) is 5.68. The summed E-state index contributed by atoms with van der Waals surface area (Å²) in [4.78, 5) is 0. The topological polar surface area (TPSA) is 44.3 Å². The summed E-state index contributed by atoms with van der Waals surface area (Å²) in [5, 5.41) is 15.8. The van der Waals surface area contributed by atoms with Gasteiger partial charge in [-0.15, -0.1) is 0 Å². The average Bonchev–Trinajstić information content (AvgIpc) is 1.94. The van der Waals surface area contributed by atoms with E-state index in [0.717, 1.165) is 12.8 Å². The van der Waals surface area contributed by atoms with Gasteiger partial charge in [-0.25, -0.2) is 0 Å². The van der Waals surface area contributed by atoms with E-state index in [1.54, 1.807) is 0 Å². The average molecular weight is 200 g/mol. The Morgan fingerprint density at radius 3 is 2.14 bits per heavy atom. The molecular formula is C11H24N2O. The van der Waals surface area contributed by atoms with Crippen molar-refractivity contribution in [2.24, 2.45) is 0 Å². The molecule has 0 aromatic rings. The van der Waals surface area contributed by atoms with Crippen molar-refractivity contribution in [3.8, 4) is 0 Å². The lowest BCUT2D eigenvalue weighted by atomic mass is 9.79. The lowest BCUT2D eigenvalue weighted by molar-refractivity contribution is 0.142. The van der Waals surface area contributed by atoms with Crippen LogP contribution in [0.25, 0.3) is 0 Å². The van der Waals surface area contributed by atoms with Gasteiger partial charge in [0.2, 0.25) is 0 Å². The molecule has 0 bridgehead atoms. The molecule has 3 nitrogen and oxygen atoms in total. The normalized spacial score (nSPS) is 26.4. The Labute approximate surface area is 87.3 Å². The van der Waals surface area contributed by atoms with E-state index >= 15 is 0 Å². The van der Waals surface area contributed by atoms with Crippen molar-refractivity contribution in [3.63, 3.8) is 0 Å². The number of nitrogens with one attached hydrogen (secondary N) is 2. The fourth-order valence-electron chi connectivity index (χ4n) is 2.74. The molecule has 3 N–H and O–H groups in total. The minimum atomic E-state index is 0.189. The fraction of sp³-hybridized carbons (Fsp3) is 1.00. The zero-order chi connectivity index (χ0) is 10.8. The molecule has 0 amide bonds. The first-order valence-corrected chi connectivity index (χ1v) is 5.48. The molecule has 3 heteroatoms. The fourth-order valence-corrected chi connectivity index (χ4v) is 2.74. The highest BCUT2D eigenvalue weighted by Crippen LogP contribution is 2.28. The van der Waals surface area contributed by atoms with Crippen LogP contribution in [0.2, 0.25) is 0 Å². The smallest absolute Gasteiger partial charge is 0.0556 e. The van der Waals surface area contributed by atoms with Gasteiger partial charge in [-0.1, -0.05) is 0 Å². The van der Waals surface area contributed by atoms with E-state index in [1.165, 1.54) is 0 Å². The third-order valence-corrected chi connectivity index (χ3v) is 2.74. The van der Waals surface area contributed by atoms with Crippen molar-refractivity contribution >= 4 is 0 Å². The van der Waals surface area contributed by atoms with E-state index in [9.17, 15) is 0 Å². The van der Waals surface area contributed by atoms with Gasteiger partial charge < -0.3 is 15.7 Å². The lowest BCUT2D eigenvalue weighted by Gasteiger charge is -2.46. The molecule has 0 saturated carbocycles. The van der Waals surface area contributed by atoms with Crippen molar-refractivity contribution in [1.29, 1.82) is 0 Å². The van der Waals surface area contributed by atoms with Gasteiger partial charge in [0.1, 0.15) is 0 Å². The van der Waals surface area contributed by atoms with E-state index in [1.807, 2.05) is 0 Å². The first-order chi connectivity index (χ1) is 6.35. The quantitative estimate of drug-likeness (QED) is 0.633. The Morgan fingerprint density at radius 2 is 1.71 bits per heavy atom. The summed E-state index contributed by atoms with van der Waals surface area (Å²) < 4.78 is 0. The van der Waals surface area contributed by atoms with Gasteiger partial charge >= 0.3 is 0 Å². The molecule has 0 radical (unpaired) electrons. The van der Waals surface area contributed by atoms with Crippen molar-refractivity contribution < 1.29 is 5.11 Å². The van der Waals surface area contributed by atoms with E-state index in [2.05, 4.69) is 38.3 Å². The predicted molar refractivity (Wildman–Crippen MR) is 59.4 cm³/mol. The van der Waals surface area contributed by atoms with Crippen molar-refractivity contribution in [1.82, 2.24) is 10.6 Å². The maximum absolute atomic E-state index is 8.78. The molecule has 1 aliphatic rings. The molecule has 0 atom stereocenters. The molecule has 0 spiro atoms. The maximum Gasteiger partial charge on any atom is 0.0556 e. The molecule has 1 heterocycles. The van der Waals surface area contributed by atoms with Crippen molar-refractivity contribution in [3.05, 3.63) is 0 Å². The monoisotopic (exact) mass is 200 g/mol. The molecular weight excluding hydrogens is 176 g/mol. The minimum absolute atomic E-state index is 0.189. The molecule has 0 aromatic heterocycles. The number of aliphatic hydroxyl groups is 1. The highest BCUT2D eigenvalue weighted by molar-refractivity contribution is 4.99. The van der Waals surface area contributed by atoms with Crippen LogP contribution in [-0.4, -0.2) is 35.4 Å². The largest absolute Gasteiger partial charge is 0.395 e. The second kappa shape index (κ2) is 4.17. The molecule has 0 unspecified atom stereocenters. The van der Waals surface area contributed by atoms with Crippen LogP contribution in [0.5, 0.6) is 0 Å². The molecule has 1 aliphatic heterocycles. The van der Waals surface area contributed by atoms with Crippen LogP contribution >= 0.6 is 0 Å². The van der Waals surface area contributed by atoms with Crippen LogP contribution in [-0.2, 0) is 0 Å². The van der Waals surface area contributed by atoms with Crippen LogP contribution in [0.4, 0.5) is 0 Å². The Hall–Kier alpha value is -0.120. The Bertz CT molecular complexity index is 174. The maximum atomic E-state index is 8.78. The van der Waals surface area contributed by atoms with Crippen LogP contribution in [0, 0.1) is 0 Å². The summed E-state index contributed by atoms with van der Waals surface area (Å²) in [6, 6.07) is 0.522. The standard InChI is InChI=1S/C11H24N2O/c1-10(2)7-9(12-5-6-14)8-11(3,4)13-10/h9,12-14H,5-8H2,1-4H3. The van der Waals surface area contributed by atoms with Gasteiger partial charge in [0, 0.05) is 23.7 Å². The summed E-state index contributed by atoms with van der Waals surface area (Å²) in [5.41, 5.74) is 0.379. The summed E-state index contributed by atoms with van der Waals surface area (Å²) >= 11 is 0. The Balaban J connectivity index is 2.53. The third-order valence-electron chi connectivity index (χ3n) is 2.74. The Morgan fingerprint density at radius 1 is 1.21 bits per heavy atom. The summed E-state index contributed by atoms with van der Waals surface area (Å²) in [5.74, 6) is 0. The molecule has 1 rings (SSSR count). The summed E-state index contributed by atoms with van der Waals surface area (Å²) in [6.45, 7) is 9.88. The SMILES string of the molecule is CC1(C)CC(NCCO)CC(C)(C)N1. The van der Waals surface area contributed by atoms with E-state index < -0.39 is 0 Å². The van der Waals surface area contributed by atoms with Crippen LogP contribution in [0.3, 0.4) is 0 Å². The van der Waals surface area contributed by atoms with Crippen molar-refractivity contribution in [2.75, 3.05) is 13.2 Å². The molecule has 14 heavy (non-hydrogen) atoms. The van der Waals surface area contributed by atoms with E-state index in [4.69, 9.17) is 5.11 Å². The van der Waals surface area contributed by atoms with Gasteiger partial charge in [0.15, 0.2) is 0 Å². The number of rotatable bonds is 3. The van der Waals surface area contributed by atoms with Crippen LogP contribution in [0.1, 0.15) is 40.5 Å². The van der Waals surface area contributed by atoms with Gasteiger partial charge in [-0.2, -0.15) is 0 Å². The van der Waals surface area contributed by atoms with Gasteiger partial charge in [-0.05, 0) is 40.5 Å². The molecule has 0 aromatic carbocycles. The number of hydrogen-bond donors (Lipinski definition) is 3. The number of hydrogen-bond acceptors (Lipinski definition) is 3. The molecule has 1 saturated heterocycles. The van der Waals surface area contributed by atoms with Crippen LogP contribution in [0.15, 0.2) is 0 Å². The molecule has 84 valence electrons. The van der Waals surface area contributed by atoms with Crippen LogP contribution < -0.4 is 10.6 Å². The lowest BCUT2D eigenvalue weighted by Crippen LogP contribution is -2.61. The zero-order valence-electron chi connectivity index (χ0n) is 9.85.